The molecule has 0 aromatic heterocycles. The van der Waals surface area contributed by atoms with Crippen LogP contribution in [0.5, 0.6) is 0 Å². The second-order valence-electron chi connectivity index (χ2n) is 6.70. The molecule has 2 unspecified atom stereocenters. The average molecular weight is 263 g/mol. The second kappa shape index (κ2) is 6.72. The van der Waals surface area contributed by atoms with E-state index in [1.165, 1.54) is 45.1 Å². The highest BCUT2D eigenvalue weighted by Crippen LogP contribution is 2.25. The standard InChI is InChI=1S/C16H29N3/c1-14-7-4-3-5-11-19(14)12-6-10-16(2,13-17)18-15-8-9-15/h14-15,18H,3-12H2,1-2H3. The second-order valence-corrected chi connectivity index (χ2v) is 6.70. The van der Waals surface area contributed by atoms with Gasteiger partial charge in [-0.3, -0.25) is 5.32 Å². The van der Waals surface area contributed by atoms with Crippen molar-refractivity contribution in [2.75, 3.05) is 13.1 Å². The van der Waals surface area contributed by atoms with Gasteiger partial charge in [0.25, 0.3) is 0 Å². The molecule has 1 saturated carbocycles. The van der Waals surface area contributed by atoms with Gasteiger partial charge in [0.2, 0.25) is 0 Å². The van der Waals surface area contributed by atoms with Crippen molar-refractivity contribution in [3.8, 4) is 6.07 Å². The summed E-state index contributed by atoms with van der Waals surface area (Å²) in [5, 5.41) is 12.9. The summed E-state index contributed by atoms with van der Waals surface area (Å²) in [6.07, 6.45) is 10.1. The Morgan fingerprint density at radius 3 is 2.74 bits per heavy atom. The van der Waals surface area contributed by atoms with Crippen LogP contribution >= 0.6 is 0 Å². The summed E-state index contributed by atoms with van der Waals surface area (Å²) in [6.45, 7) is 6.83. The Bertz CT molecular complexity index is 318. The summed E-state index contributed by atoms with van der Waals surface area (Å²) < 4.78 is 0. The molecule has 2 atom stereocenters. The molecule has 1 heterocycles. The minimum absolute atomic E-state index is 0.309. The van der Waals surface area contributed by atoms with Crippen LogP contribution < -0.4 is 5.32 Å². The maximum Gasteiger partial charge on any atom is 0.104 e. The van der Waals surface area contributed by atoms with E-state index < -0.39 is 0 Å². The quantitative estimate of drug-likeness (QED) is 0.800. The fraction of sp³-hybridized carbons (Fsp3) is 0.938. The van der Waals surface area contributed by atoms with E-state index in [0.29, 0.717) is 6.04 Å². The van der Waals surface area contributed by atoms with E-state index in [2.05, 4.69) is 30.1 Å². The van der Waals surface area contributed by atoms with Crippen molar-refractivity contribution in [3.05, 3.63) is 0 Å². The molecule has 2 aliphatic rings. The SMILES string of the molecule is CC1CCCCCN1CCCC(C)(C#N)NC1CC1. The third kappa shape index (κ3) is 4.78. The molecule has 3 nitrogen and oxygen atoms in total. The van der Waals surface area contributed by atoms with Gasteiger partial charge in [-0.25, -0.2) is 0 Å². The first kappa shape index (κ1) is 14.8. The van der Waals surface area contributed by atoms with Crippen LogP contribution in [0, 0.1) is 11.3 Å². The number of nitrogens with one attached hydrogen (secondary N) is 1. The summed E-state index contributed by atoms with van der Waals surface area (Å²) in [5.74, 6) is 0. The van der Waals surface area contributed by atoms with Gasteiger partial charge < -0.3 is 4.90 Å². The molecule has 3 heteroatoms. The predicted molar refractivity (Wildman–Crippen MR) is 78.9 cm³/mol. The fourth-order valence-electron chi connectivity index (χ4n) is 3.14. The molecule has 0 bridgehead atoms. The number of nitrogens with zero attached hydrogens (tertiary/aromatic N) is 2. The zero-order valence-electron chi connectivity index (χ0n) is 12.6. The van der Waals surface area contributed by atoms with Crippen LogP contribution in [-0.2, 0) is 0 Å². The van der Waals surface area contributed by atoms with E-state index in [1.807, 2.05) is 0 Å². The topological polar surface area (TPSA) is 39.1 Å². The van der Waals surface area contributed by atoms with Crippen molar-refractivity contribution in [1.29, 1.82) is 5.26 Å². The van der Waals surface area contributed by atoms with Crippen LogP contribution in [-0.4, -0.2) is 35.6 Å². The number of nitriles is 1. The smallest absolute Gasteiger partial charge is 0.104 e. The maximum atomic E-state index is 9.37. The van der Waals surface area contributed by atoms with Crippen LogP contribution in [0.4, 0.5) is 0 Å². The van der Waals surface area contributed by atoms with Crippen molar-refractivity contribution in [1.82, 2.24) is 10.2 Å². The van der Waals surface area contributed by atoms with Crippen molar-refractivity contribution in [2.45, 2.75) is 82.8 Å². The van der Waals surface area contributed by atoms with E-state index in [4.69, 9.17) is 0 Å². The Labute approximate surface area is 118 Å². The Hall–Kier alpha value is -0.590. The van der Waals surface area contributed by atoms with E-state index in [9.17, 15) is 5.26 Å². The van der Waals surface area contributed by atoms with Gasteiger partial charge in [-0.1, -0.05) is 12.8 Å². The van der Waals surface area contributed by atoms with E-state index in [0.717, 1.165) is 25.4 Å². The summed E-state index contributed by atoms with van der Waals surface area (Å²) in [6, 6.07) is 3.82. The lowest BCUT2D eigenvalue weighted by Gasteiger charge is -2.29. The number of rotatable bonds is 6. The Kier molecular flexibility index (Phi) is 5.24. The van der Waals surface area contributed by atoms with E-state index >= 15 is 0 Å². The molecule has 1 N–H and O–H groups in total. The van der Waals surface area contributed by atoms with Crippen LogP contribution in [0.15, 0.2) is 0 Å². The van der Waals surface area contributed by atoms with Crippen LogP contribution in [0.1, 0.15) is 65.2 Å². The van der Waals surface area contributed by atoms with E-state index in [-0.39, 0.29) is 5.54 Å². The minimum Gasteiger partial charge on any atom is -0.301 e. The molecule has 2 fully saturated rings. The first-order valence-electron chi connectivity index (χ1n) is 8.06. The molecule has 0 amide bonds. The fourth-order valence-corrected chi connectivity index (χ4v) is 3.14. The lowest BCUT2D eigenvalue weighted by molar-refractivity contribution is 0.203. The summed E-state index contributed by atoms with van der Waals surface area (Å²) in [4.78, 5) is 2.63. The lowest BCUT2D eigenvalue weighted by atomic mass is 9.97. The predicted octanol–water partition coefficient (Wildman–Crippen LogP) is 3.07. The van der Waals surface area contributed by atoms with Gasteiger partial charge in [0.15, 0.2) is 0 Å². The van der Waals surface area contributed by atoms with Gasteiger partial charge in [-0.15, -0.1) is 0 Å². The van der Waals surface area contributed by atoms with Crippen molar-refractivity contribution in [2.24, 2.45) is 0 Å². The number of hydrogen-bond acceptors (Lipinski definition) is 3. The third-order valence-corrected chi connectivity index (χ3v) is 4.66. The van der Waals surface area contributed by atoms with Gasteiger partial charge >= 0.3 is 0 Å². The highest BCUT2D eigenvalue weighted by Gasteiger charge is 2.32. The zero-order valence-corrected chi connectivity index (χ0v) is 12.6. The van der Waals surface area contributed by atoms with Crippen LogP contribution in [0.2, 0.25) is 0 Å². The molecule has 2 rings (SSSR count). The third-order valence-electron chi connectivity index (χ3n) is 4.66. The molecule has 0 aromatic carbocycles. The molecular weight excluding hydrogens is 234 g/mol. The van der Waals surface area contributed by atoms with E-state index in [1.54, 1.807) is 0 Å². The minimum atomic E-state index is -0.309. The molecule has 0 radical (unpaired) electrons. The highest BCUT2D eigenvalue weighted by atomic mass is 15.1. The van der Waals surface area contributed by atoms with Crippen LogP contribution in [0.3, 0.4) is 0 Å². The summed E-state index contributed by atoms with van der Waals surface area (Å²) in [5.41, 5.74) is -0.309. The summed E-state index contributed by atoms with van der Waals surface area (Å²) >= 11 is 0. The molecule has 108 valence electrons. The van der Waals surface area contributed by atoms with Gasteiger partial charge in [-0.2, -0.15) is 5.26 Å². The van der Waals surface area contributed by atoms with Crippen LogP contribution in [0.25, 0.3) is 0 Å². The van der Waals surface area contributed by atoms with Gasteiger partial charge in [0.1, 0.15) is 5.54 Å². The highest BCUT2D eigenvalue weighted by molar-refractivity contribution is 5.07. The molecular formula is C16H29N3. The van der Waals surface area contributed by atoms with Crippen molar-refractivity contribution in [3.63, 3.8) is 0 Å². The average Bonchev–Trinajstić information content (AvgIpc) is 3.20. The molecule has 1 saturated heterocycles. The first-order chi connectivity index (χ1) is 9.13. The van der Waals surface area contributed by atoms with Gasteiger partial charge in [0.05, 0.1) is 6.07 Å². The normalized spacial score (nSPS) is 28.4. The summed E-state index contributed by atoms with van der Waals surface area (Å²) in [7, 11) is 0. The van der Waals surface area contributed by atoms with Gasteiger partial charge in [0, 0.05) is 12.1 Å². The Balaban J connectivity index is 1.73. The number of likely N-dealkylation sites (tertiary alicyclic amines) is 1. The van der Waals surface area contributed by atoms with Crippen molar-refractivity contribution < 1.29 is 0 Å². The number of hydrogen-bond donors (Lipinski definition) is 1. The monoisotopic (exact) mass is 263 g/mol. The maximum absolute atomic E-state index is 9.37. The molecule has 0 spiro atoms. The molecule has 19 heavy (non-hydrogen) atoms. The molecule has 1 aliphatic heterocycles. The Morgan fingerprint density at radius 2 is 2.05 bits per heavy atom. The largest absolute Gasteiger partial charge is 0.301 e. The first-order valence-corrected chi connectivity index (χ1v) is 8.06. The zero-order chi connectivity index (χ0) is 13.7. The molecule has 0 aromatic rings. The lowest BCUT2D eigenvalue weighted by Crippen LogP contribution is -2.43. The van der Waals surface area contributed by atoms with Gasteiger partial charge in [-0.05, 0) is 65.5 Å². The Morgan fingerprint density at radius 1 is 1.26 bits per heavy atom. The molecule has 1 aliphatic carbocycles. The van der Waals surface area contributed by atoms with Crippen molar-refractivity contribution >= 4 is 0 Å².